The van der Waals surface area contributed by atoms with Gasteiger partial charge in [0.05, 0.1) is 0 Å². The maximum absolute atomic E-state index is 5.91. The van der Waals surface area contributed by atoms with Crippen LogP contribution in [0.4, 0.5) is 0 Å². The van der Waals surface area contributed by atoms with Gasteiger partial charge in [0.1, 0.15) is 0 Å². The molecule has 0 radical (unpaired) electrons. The molecule has 1 heterocycles. The highest BCUT2D eigenvalue weighted by molar-refractivity contribution is 5.01. The van der Waals surface area contributed by atoms with Crippen molar-refractivity contribution in [3.63, 3.8) is 0 Å². The molecule has 1 aromatic rings. The third kappa shape index (κ3) is 3.19. The number of aromatic nitrogens is 2. The molecule has 3 nitrogen and oxygen atoms in total. The lowest BCUT2D eigenvalue weighted by molar-refractivity contribution is 0.464. The van der Waals surface area contributed by atoms with Crippen molar-refractivity contribution >= 4 is 0 Å². The lowest BCUT2D eigenvalue weighted by atomic mass is 9.99. The minimum atomic E-state index is -0.0805. The second-order valence-electron chi connectivity index (χ2n) is 4.13. The first-order chi connectivity index (χ1) is 6.03. The molecular weight excluding hydrogens is 162 g/mol. The van der Waals surface area contributed by atoms with Gasteiger partial charge in [-0.15, -0.1) is 0 Å². The Bertz CT molecular complexity index is 257. The molecule has 74 valence electrons. The van der Waals surface area contributed by atoms with Gasteiger partial charge in [-0.25, -0.2) is 0 Å². The molecule has 2 N–H and O–H groups in total. The van der Waals surface area contributed by atoms with Crippen molar-refractivity contribution in [2.75, 3.05) is 0 Å². The van der Waals surface area contributed by atoms with Gasteiger partial charge < -0.3 is 5.73 Å². The summed E-state index contributed by atoms with van der Waals surface area (Å²) in [4.78, 5) is 0. The molecule has 0 saturated heterocycles. The van der Waals surface area contributed by atoms with Crippen LogP contribution in [-0.2, 0) is 13.0 Å². The molecule has 3 heteroatoms. The molecule has 1 aromatic heterocycles. The highest BCUT2D eigenvalue weighted by Crippen LogP contribution is 2.10. The monoisotopic (exact) mass is 181 g/mol. The molecule has 0 aliphatic heterocycles. The van der Waals surface area contributed by atoms with Gasteiger partial charge in [-0.05, 0) is 39.7 Å². The third-order valence-corrected chi connectivity index (χ3v) is 2.13. The normalized spacial score (nSPS) is 12.0. The number of hydrogen-bond acceptors (Lipinski definition) is 2. The van der Waals surface area contributed by atoms with Crippen LogP contribution in [0.15, 0.2) is 12.3 Å². The van der Waals surface area contributed by atoms with E-state index in [1.54, 1.807) is 0 Å². The quantitative estimate of drug-likeness (QED) is 0.766. The molecule has 0 spiro atoms. The van der Waals surface area contributed by atoms with Crippen LogP contribution < -0.4 is 5.73 Å². The van der Waals surface area contributed by atoms with Crippen LogP contribution in [0.3, 0.4) is 0 Å². The van der Waals surface area contributed by atoms with Crippen LogP contribution in [0.2, 0.25) is 0 Å². The minimum Gasteiger partial charge on any atom is -0.326 e. The van der Waals surface area contributed by atoms with E-state index in [1.165, 1.54) is 5.69 Å². The van der Waals surface area contributed by atoms with Crippen LogP contribution in [-0.4, -0.2) is 15.3 Å². The molecule has 0 atom stereocenters. The van der Waals surface area contributed by atoms with Crippen molar-refractivity contribution < 1.29 is 0 Å². The zero-order chi connectivity index (χ0) is 9.90. The van der Waals surface area contributed by atoms with Crippen molar-refractivity contribution in [2.24, 2.45) is 5.73 Å². The summed E-state index contributed by atoms with van der Waals surface area (Å²) in [7, 11) is 0. The molecule has 0 aliphatic carbocycles. The summed E-state index contributed by atoms with van der Waals surface area (Å²) in [5.41, 5.74) is 7.11. The number of nitrogens with zero attached hydrogens (tertiary/aromatic N) is 2. The van der Waals surface area contributed by atoms with Crippen LogP contribution in [0.25, 0.3) is 0 Å². The SMILES string of the molecule is CCn1nccc1CCC(C)(C)N. The number of nitrogens with two attached hydrogens (primary N) is 1. The summed E-state index contributed by atoms with van der Waals surface area (Å²) in [5.74, 6) is 0. The molecule has 0 amide bonds. The van der Waals surface area contributed by atoms with Gasteiger partial charge in [0.25, 0.3) is 0 Å². The second kappa shape index (κ2) is 3.92. The number of rotatable bonds is 4. The minimum absolute atomic E-state index is 0.0805. The zero-order valence-electron chi connectivity index (χ0n) is 8.75. The van der Waals surface area contributed by atoms with E-state index in [-0.39, 0.29) is 5.54 Å². The highest BCUT2D eigenvalue weighted by atomic mass is 15.3. The summed E-state index contributed by atoms with van der Waals surface area (Å²) in [6.07, 6.45) is 3.86. The molecule has 0 aliphatic rings. The number of hydrogen-bond donors (Lipinski definition) is 1. The van der Waals surface area contributed by atoms with Crippen LogP contribution >= 0.6 is 0 Å². The lowest BCUT2D eigenvalue weighted by Gasteiger charge is -2.18. The molecular formula is C10H19N3. The Morgan fingerprint density at radius 2 is 2.23 bits per heavy atom. The highest BCUT2D eigenvalue weighted by Gasteiger charge is 2.11. The maximum atomic E-state index is 5.91. The Balaban J connectivity index is 2.54. The first-order valence-electron chi connectivity index (χ1n) is 4.82. The van der Waals surface area contributed by atoms with Crippen molar-refractivity contribution in [1.29, 1.82) is 0 Å². The first kappa shape index (κ1) is 10.3. The van der Waals surface area contributed by atoms with E-state index >= 15 is 0 Å². The molecule has 0 unspecified atom stereocenters. The van der Waals surface area contributed by atoms with E-state index in [4.69, 9.17) is 5.73 Å². The first-order valence-corrected chi connectivity index (χ1v) is 4.82. The fraction of sp³-hybridized carbons (Fsp3) is 0.700. The predicted octanol–water partition coefficient (Wildman–Crippen LogP) is 1.57. The van der Waals surface area contributed by atoms with E-state index in [1.807, 2.05) is 10.9 Å². The molecule has 0 fully saturated rings. The average Bonchev–Trinajstić information content (AvgIpc) is 2.46. The van der Waals surface area contributed by atoms with Crippen molar-refractivity contribution in [3.8, 4) is 0 Å². The largest absolute Gasteiger partial charge is 0.326 e. The summed E-state index contributed by atoms with van der Waals surface area (Å²) in [6.45, 7) is 7.15. The topological polar surface area (TPSA) is 43.8 Å². The summed E-state index contributed by atoms with van der Waals surface area (Å²) < 4.78 is 2.02. The van der Waals surface area contributed by atoms with E-state index in [2.05, 4.69) is 31.9 Å². The predicted molar refractivity (Wildman–Crippen MR) is 54.5 cm³/mol. The maximum Gasteiger partial charge on any atom is 0.0492 e. The smallest absolute Gasteiger partial charge is 0.0492 e. The van der Waals surface area contributed by atoms with Gasteiger partial charge in [-0.3, -0.25) is 4.68 Å². The zero-order valence-corrected chi connectivity index (χ0v) is 8.75. The van der Waals surface area contributed by atoms with Gasteiger partial charge in [-0.1, -0.05) is 0 Å². The average molecular weight is 181 g/mol. The van der Waals surface area contributed by atoms with Gasteiger partial charge in [-0.2, -0.15) is 5.10 Å². The van der Waals surface area contributed by atoms with Crippen molar-refractivity contribution in [3.05, 3.63) is 18.0 Å². The van der Waals surface area contributed by atoms with E-state index in [9.17, 15) is 0 Å². The summed E-state index contributed by atoms with van der Waals surface area (Å²) >= 11 is 0. The number of aryl methyl sites for hydroxylation is 2. The Hall–Kier alpha value is -0.830. The Morgan fingerprint density at radius 3 is 2.77 bits per heavy atom. The molecule has 13 heavy (non-hydrogen) atoms. The fourth-order valence-corrected chi connectivity index (χ4v) is 1.31. The summed E-state index contributed by atoms with van der Waals surface area (Å²) in [5, 5.41) is 4.21. The lowest BCUT2D eigenvalue weighted by Crippen LogP contribution is -2.32. The van der Waals surface area contributed by atoms with Gasteiger partial charge in [0, 0.05) is 24.0 Å². The van der Waals surface area contributed by atoms with E-state index in [0.29, 0.717) is 0 Å². The third-order valence-electron chi connectivity index (χ3n) is 2.13. The molecule has 0 bridgehead atoms. The van der Waals surface area contributed by atoms with E-state index in [0.717, 1.165) is 19.4 Å². The van der Waals surface area contributed by atoms with Gasteiger partial charge in [0.2, 0.25) is 0 Å². The van der Waals surface area contributed by atoms with Crippen molar-refractivity contribution in [2.45, 2.75) is 45.7 Å². The van der Waals surface area contributed by atoms with Crippen LogP contribution in [0.1, 0.15) is 32.9 Å². The fourth-order valence-electron chi connectivity index (χ4n) is 1.31. The second-order valence-corrected chi connectivity index (χ2v) is 4.13. The van der Waals surface area contributed by atoms with E-state index < -0.39 is 0 Å². The molecule has 0 saturated carbocycles. The van der Waals surface area contributed by atoms with Crippen molar-refractivity contribution in [1.82, 2.24) is 9.78 Å². The summed E-state index contributed by atoms with van der Waals surface area (Å²) in [6, 6.07) is 2.06. The standard InChI is InChI=1S/C10H19N3/c1-4-13-9(6-8-12-13)5-7-10(2,3)11/h6,8H,4-5,7,11H2,1-3H3. The Kier molecular flexibility index (Phi) is 3.09. The molecule has 1 rings (SSSR count). The van der Waals surface area contributed by atoms with Gasteiger partial charge >= 0.3 is 0 Å². The van der Waals surface area contributed by atoms with Crippen LogP contribution in [0, 0.1) is 0 Å². The van der Waals surface area contributed by atoms with Crippen LogP contribution in [0.5, 0.6) is 0 Å². The Labute approximate surface area is 79.9 Å². The Morgan fingerprint density at radius 1 is 1.54 bits per heavy atom. The van der Waals surface area contributed by atoms with Gasteiger partial charge in [0.15, 0.2) is 0 Å². The molecule has 0 aromatic carbocycles.